The van der Waals surface area contributed by atoms with Gasteiger partial charge in [0, 0.05) is 33.6 Å². The standard InChI is InChI=1S/C19H15N2O/c1-13-10-15(16-7-3-5-9-18(16)20-13)12-22-19-11-14-6-2-4-8-17(14)21-19/h3-11,21H,12H2,1H3. The molecule has 1 radical (unpaired) electrons. The maximum Gasteiger partial charge on any atom is 0.192 e. The normalized spacial score (nSPS) is 11.1. The quantitative estimate of drug-likeness (QED) is 0.606. The highest BCUT2D eigenvalue weighted by molar-refractivity contribution is 5.82. The number of hydrogen-bond donors (Lipinski definition) is 1. The van der Waals surface area contributed by atoms with Gasteiger partial charge < -0.3 is 9.72 Å². The summed E-state index contributed by atoms with van der Waals surface area (Å²) in [4.78, 5) is 7.83. The number of hydrogen-bond acceptors (Lipinski definition) is 2. The number of H-pyrrole nitrogens is 1. The molecule has 22 heavy (non-hydrogen) atoms. The molecule has 0 bridgehead atoms. The second-order valence-electron chi connectivity index (χ2n) is 5.38. The van der Waals surface area contributed by atoms with Crippen molar-refractivity contribution in [2.75, 3.05) is 0 Å². The van der Waals surface area contributed by atoms with E-state index in [9.17, 15) is 0 Å². The zero-order valence-electron chi connectivity index (χ0n) is 12.3. The van der Waals surface area contributed by atoms with E-state index in [2.05, 4.69) is 28.2 Å². The lowest BCUT2D eigenvalue weighted by Crippen LogP contribution is -1.98. The number of fused-ring (bicyclic) bond motifs is 2. The molecule has 1 N–H and O–H groups in total. The summed E-state index contributed by atoms with van der Waals surface area (Å²) in [6.07, 6.45) is 0. The zero-order valence-corrected chi connectivity index (χ0v) is 12.3. The first-order valence-corrected chi connectivity index (χ1v) is 7.26. The summed E-state index contributed by atoms with van der Waals surface area (Å²) in [5.74, 6) is 0.771. The lowest BCUT2D eigenvalue weighted by molar-refractivity contribution is 0.297. The van der Waals surface area contributed by atoms with Crippen LogP contribution in [0.3, 0.4) is 0 Å². The third-order valence-electron chi connectivity index (χ3n) is 3.75. The maximum atomic E-state index is 5.94. The van der Waals surface area contributed by atoms with Gasteiger partial charge in [0.2, 0.25) is 0 Å². The van der Waals surface area contributed by atoms with Gasteiger partial charge in [0.15, 0.2) is 5.88 Å². The van der Waals surface area contributed by atoms with Gasteiger partial charge in [0.05, 0.1) is 5.52 Å². The van der Waals surface area contributed by atoms with Crippen LogP contribution >= 0.6 is 0 Å². The Morgan fingerprint density at radius 3 is 3.00 bits per heavy atom. The molecule has 107 valence electrons. The molecule has 3 heteroatoms. The summed E-state index contributed by atoms with van der Waals surface area (Å²) in [6.45, 7) is 2.52. The number of nitrogens with zero attached hydrogens (tertiary/aromatic N) is 1. The Morgan fingerprint density at radius 1 is 1.18 bits per heavy atom. The summed E-state index contributed by atoms with van der Waals surface area (Å²) in [5.41, 5.74) is 4.22. The van der Waals surface area contributed by atoms with Crippen molar-refractivity contribution in [3.05, 3.63) is 71.9 Å². The molecule has 2 heterocycles. The number of rotatable bonds is 3. The van der Waals surface area contributed by atoms with Crippen LogP contribution in [0.15, 0.2) is 54.6 Å². The SMILES string of the molecule is Cc1cc(COc2cc3c[c]ccc3[nH]2)c2ccccc2n1. The molecule has 0 spiro atoms. The molecule has 0 fully saturated rings. The number of aryl methyl sites for hydroxylation is 1. The number of pyridine rings is 1. The van der Waals surface area contributed by atoms with Gasteiger partial charge in [-0.25, -0.2) is 0 Å². The first-order valence-electron chi connectivity index (χ1n) is 7.26. The highest BCUT2D eigenvalue weighted by atomic mass is 16.5. The zero-order chi connectivity index (χ0) is 14.9. The van der Waals surface area contributed by atoms with Crippen molar-refractivity contribution in [1.82, 2.24) is 9.97 Å². The Labute approximate surface area is 128 Å². The molecule has 0 aliphatic carbocycles. The molecule has 0 amide bonds. The molecule has 0 unspecified atom stereocenters. The van der Waals surface area contributed by atoms with Gasteiger partial charge >= 0.3 is 0 Å². The average Bonchev–Trinajstić information content (AvgIpc) is 2.95. The molecule has 0 aliphatic heterocycles. The Kier molecular flexibility index (Phi) is 3.04. The van der Waals surface area contributed by atoms with E-state index in [4.69, 9.17) is 4.74 Å². The third-order valence-corrected chi connectivity index (χ3v) is 3.75. The molecule has 3 nitrogen and oxygen atoms in total. The predicted octanol–water partition coefficient (Wildman–Crippen LogP) is 4.40. The van der Waals surface area contributed by atoms with Crippen molar-refractivity contribution in [3.63, 3.8) is 0 Å². The van der Waals surface area contributed by atoms with E-state index in [1.807, 2.05) is 49.4 Å². The molecule has 4 rings (SSSR count). The number of aromatic nitrogens is 2. The topological polar surface area (TPSA) is 37.9 Å². The van der Waals surface area contributed by atoms with Gasteiger partial charge in [0.1, 0.15) is 6.61 Å². The molecule has 2 aromatic heterocycles. The van der Waals surface area contributed by atoms with Crippen LogP contribution in [0.4, 0.5) is 0 Å². The average molecular weight is 287 g/mol. The van der Waals surface area contributed by atoms with Crippen molar-refractivity contribution in [3.8, 4) is 5.88 Å². The number of ether oxygens (including phenoxy) is 1. The van der Waals surface area contributed by atoms with Crippen LogP contribution < -0.4 is 4.74 Å². The summed E-state index contributed by atoms with van der Waals surface area (Å²) >= 11 is 0. The predicted molar refractivity (Wildman–Crippen MR) is 87.9 cm³/mol. The van der Waals surface area contributed by atoms with E-state index in [1.165, 1.54) is 0 Å². The van der Waals surface area contributed by atoms with Crippen molar-refractivity contribution < 1.29 is 4.74 Å². The Morgan fingerprint density at radius 2 is 2.09 bits per heavy atom. The van der Waals surface area contributed by atoms with Crippen molar-refractivity contribution in [2.24, 2.45) is 0 Å². The van der Waals surface area contributed by atoms with E-state index in [1.54, 1.807) is 0 Å². The number of para-hydroxylation sites is 1. The van der Waals surface area contributed by atoms with E-state index in [0.29, 0.717) is 6.61 Å². The molecule has 0 saturated carbocycles. The smallest absolute Gasteiger partial charge is 0.192 e. The van der Waals surface area contributed by atoms with Crippen LogP contribution in [0, 0.1) is 13.0 Å². The van der Waals surface area contributed by atoms with Crippen molar-refractivity contribution >= 4 is 21.8 Å². The fourth-order valence-corrected chi connectivity index (χ4v) is 2.73. The third kappa shape index (κ3) is 2.31. The fourth-order valence-electron chi connectivity index (χ4n) is 2.73. The maximum absolute atomic E-state index is 5.94. The van der Waals surface area contributed by atoms with Crippen molar-refractivity contribution in [1.29, 1.82) is 0 Å². The lowest BCUT2D eigenvalue weighted by Gasteiger charge is -2.08. The monoisotopic (exact) mass is 287 g/mol. The summed E-state index contributed by atoms with van der Waals surface area (Å²) < 4.78 is 5.94. The largest absolute Gasteiger partial charge is 0.474 e. The minimum absolute atomic E-state index is 0.514. The van der Waals surface area contributed by atoms with E-state index in [0.717, 1.165) is 38.9 Å². The van der Waals surface area contributed by atoms with Gasteiger partial charge in [0.25, 0.3) is 0 Å². The summed E-state index contributed by atoms with van der Waals surface area (Å²) in [6, 6.07) is 21.1. The second kappa shape index (κ2) is 5.19. The number of nitrogens with one attached hydrogen (secondary N) is 1. The van der Waals surface area contributed by atoms with E-state index < -0.39 is 0 Å². The lowest BCUT2D eigenvalue weighted by atomic mass is 10.1. The molecule has 0 atom stereocenters. The Hall–Kier alpha value is -2.81. The molecular formula is C19H15N2O. The Balaban J connectivity index is 1.66. The van der Waals surface area contributed by atoms with Crippen LogP contribution in [0.1, 0.15) is 11.3 Å². The fraction of sp³-hybridized carbons (Fsp3) is 0.105. The van der Waals surface area contributed by atoms with Gasteiger partial charge in [-0.05, 0) is 37.3 Å². The second-order valence-corrected chi connectivity index (χ2v) is 5.38. The van der Waals surface area contributed by atoms with Crippen LogP contribution in [-0.2, 0) is 6.61 Å². The Bertz CT molecular complexity index is 923. The highest BCUT2D eigenvalue weighted by Gasteiger charge is 2.06. The van der Waals surface area contributed by atoms with E-state index in [-0.39, 0.29) is 0 Å². The van der Waals surface area contributed by atoms with Crippen LogP contribution in [0.5, 0.6) is 5.88 Å². The minimum Gasteiger partial charge on any atom is -0.474 e. The van der Waals surface area contributed by atoms with Crippen LogP contribution in [0.25, 0.3) is 21.8 Å². The summed E-state index contributed by atoms with van der Waals surface area (Å²) in [7, 11) is 0. The highest BCUT2D eigenvalue weighted by Crippen LogP contribution is 2.23. The molecule has 0 saturated heterocycles. The number of benzene rings is 2. The molecule has 2 aromatic carbocycles. The van der Waals surface area contributed by atoms with Gasteiger partial charge in [-0.1, -0.05) is 24.3 Å². The number of aromatic amines is 1. The first-order chi connectivity index (χ1) is 10.8. The van der Waals surface area contributed by atoms with Crippen molar-refractivity contribution in [2.45, 2.75) is 13.5 Å². The molecular weight excluding hydrogens is 272 g/mol. The van der Waals surface area contributed by atoms with Crippen LogP contribution in [-0.4, -0.2) is 9.97 Å². The summed E-state index contributed by atoms with van der Waals surface area (Å²) in [5, 5.41) is 2.24. The molecule has 4 aromatic rings. The first kappa shape index (κ1) is 12.9. The minimum atomic E-state index is 0.514. The van der Waals surface area contributed by atoms with Crippen LogP contribution in [0.2, 0.25) is 0 Å². The van der Waals surface area contributed by atoms with Gasteiger partial charge in [-0.2, -0.15) is 0 Å². The van der Waals surface area contributed by atoms with Gasteiger partial charge in [-0.15, -0.1) is 0 Å². The van der Waals surface area contributed by atoms with Gasteiger partial charge in [-0.3, -0.25) is 4.98 Å². The van der Waals surface area contributed by atoms with E-state index >= 15 is 0 Å². The molecule has 0 aliphatic rings.